The first-order valence-corrected chi connectivity index (χ1v) is 11.4. The Balaban J connectivity index is 1.72. The van der Waals surface area contributed by atoms with E-state index in [0.29, 0.717) is 5.71 Å². The number of carbonyl (C=O) groups excluding carboxylic acids is 2. The number of nitrogens with one attached hydrogen (secondary N) is 1. The molecule has 2 heterocycles. The zero-order valence-corrected chi connectivity index (χ0v) is 18.3. The van der Waals surface area contributed by atoms with E-state index in [-0.39, 0.29) is 17.5 Å². The molecule has 10 heteroatoms. The van der Waals surface area contributed by atoms with Gasteiger partial charge in [0.2, 0.25) is 10.0 Å². The van der Waals surface area contributed by atoms with Gasteiger partial charge >= 0.3 is 11.9 Å². The monoisotopic (exact) mass is 432 g/mol. The first kappa shape index (κ1) is 20.7. The quantitative estimate of drug-likeness (QED) is 0.682. The molecule has 1 atom stereocenters. The Hall–Kier alpha value is -2.59. The van der Waals surface area contributed by atoms with Gasteiger partial charge in [0, 0.05) is 24.3 Å². The molecule has 1 aliphatic heterocycles. The van der Waals surface area contributed by atoms with E-state index in [1.54, 1.807) is 34.8 Å². The van der Waals surface area contributed by atoms with E-state index in [9.17, 15) is 18.0 Å². The zero-order chi connectivity index (χ0) is 21.8. The van der Waals surface area contributed by atoms with Crippen molar-refractivity contribution in [2.75, 3.05) is 0 Å². The van der Waals surface area contributed by atoms with Gasteiger partial charge in [-0.1, -0.05) is 0 Å². The fourth-order valence-corrected chi connectivity index (χ4v) is 5.29. The number of allylic oxidation sites excluding steroid dienone is 2. The molecule has 3 aliphatic rings. The number of amides is 3. The van der Waals surface area contributed by atoms with Crippen LogP contribution in [0.15, 0.2) is 35.5 Å². The highest BCUT2D eigenvalue weighted by molar-refractivity contribution is 7.93. The standard InChI is InChI=1S/C20H26N5O4S/c1-13(2)25-17-6-5-15(30(28,29)22-20(3)7-8-20)9-16(17)18(26)24(19(25)27)12-14-10-21-23(4)11-14/h5-6,9-11,13,16,22H,7-8,12H2,1-4H3/q+1. The molecule has 2 aliphatic carbocycles. The van der Waals surface area contributed by atoms with Gasteiger partial charge in [-0.2, -0.15) is 19.4 Å². The SMILES string of the molecule is CC(C)[N+]1=C2C=CC(S(=O)(=O)NC3(C)CC3)=CC2C(=O)N(Cc2cnn(C)c2)C1=O. The first-order valence-electron chi connectivity index (χ1n) is 9.94. The highest BCUT2D eigenvalue weighted by atomic mass is 32.2. The normalized spacial score (nSPS) is 23.2. The summed E-state index contributed by atoms with van der Waals surface area (Å²) in [5, 5.41) is 4.09. The molecule has 4 rings (SSSR count). The summed E-state index contributed by atoms with van der Waals surface area (Å²) in [7, 11) is -1.99. The number of carbonyl (C=O) groups is 2. The average molecular weight is 433 g/mol. The van der Waals surface area contributed by atoms with Crippen molar-refractivity contribution in [3.05, 3.63) is 41.1 Å². The van der Waals surface area contributed by atoms with Crippen LogP contribution in [0.3, 0.4) is 0 Å². The fraction of sp³-hybridized carbons (Fsp3) is 0.500. The predicted octanol–water partition coefficient (Wildman–Crippen LogP) is 1.29. The molecule has 0 bridgehead atoms. The lowest BCUT2D eigenvalue weighted by molar-refractivity contribution is -0.473. The number of rotatable bonds is 6. The number of aryl methyl sites for hydroxylation is 1. The van der Waals surface area contributed by atoms with Crippen molar-refractivity contribution in [1.29, 1.82) is 0 Å². The van der Waals surface area contributed by atoms with Gasteiger partial charge in [0.1, 0.15) is 18.2 Å². The Morgan fingerprint density at radius 3 is 2.57 bits per heavy atom. The van der Waals surface area contributed by atoms with Crippen LogP contribution in [0.5, 0.6) is 0 Å². The van der Waals surface area contributed by atoms with Crippen LogP contribution in [0.4, 0.5) is 4.79 Å². The Bertz CT molecular complexity index is 1120. The number of imide groups is 1. The van der Waals surface area contributed by atoms with Gasteiger partial charge in [-0.15, -0.1) is 0 Å². The summed E-state index contributed by atoms with van der Waals surface area (Å²) in [5.41, 5.74) is 0.803. The van der Waals surface area contributed by atoms with E-state index in [1.807, 2.05) is 20.8 Å². The van der Waals surface area contributed by atoms with Crippen molar-refractivity contribution >= 4 is 27.7 Å². The molecule has 3 amide bonds. The summed E-state index contributed by atoms with van der Waals surface area (Å²) >= 11 is 0. The second-order valence-electron chi connectivity index (χ2n) is 8.66. The zero-order valence-electron chi connectivity index (χ0n) is 17.5. The Kier molecular flexibility index (Phi) is 4.81. The molecule has 1 N–H and O–H groups in total. The molecule has 9 nitrogen and oxygen atoms in total. The van der Waals surface area contributed by atoms with Gasteiger partial charge < -0.3 is 0 Å². The Labute approximate surface area is 175 Å². The third-order valence-electron chi connectivity index (χ3n) is 5.62. The number of fused-ring (bicyclic) bond motifs is 1. The molecule has 0 spiro atoms. The van der Waals surface area contributed by atoms with Gasteiger partial charge in [-0.05, 0) is 51.8 Å². The minimum Gasteiger partial charge on any atom is -0.275 e. The van der Waals surface area contributed by atoms with Crippen LogP contribution in [0, 0.1) is 5.92 Å². The van der Waals surface area contributed by atoms with Crippen molar-refractivity contribution in [2.45, 2.75) is 51.7 Å². The second-order valence-corrected chi connectivity index (χ2v) is 10.3. The van der Waals surface area contributed by atoms with E-state index in [0.717, 1.165) is 18.4 Å². The van der Waals surface area contributed by atoms with Crippen LogP contribution in [0.2, 0.25) is 0 Å². The molecule has 1 fully saturated rings. The first-order chi connectivity index (χ1) is 14.0. The number of aromatic nitrogens is 2. The molecule has 1 unspecified atom stereocenters. The summed E-state index contributed by atoms with van der Waals surface area (Å²) in [6, 6.07) is -0.614. The van der Waals surface area contributed by atoms with Crippen LogP contribution in [0.1, 0.15) is 39.2 Å². The molecule has 0 saturated heterocycles. The van der Waals surface area contributed by atoms with E-state index in [4.69, 9.17) is 0 Å². The molecule has 1 saturated carbocycles. The summed E-state index contributed by atoms with van der Waals surface area (Å²) < 4.78 is 31.5. The van der Waals surface area contributed by atoms with Crippen molar-refractivity contribution < 1.29 is 22.6 Å². The predicted molar refractivity (Wildman–Crippen MR) is 110 cm³/mol. The van der Waals surface area contributed by atoms with Gasteiger partial charge in [-0.3, -0.25) is 4.68 Å². The Morgan fingerprint density at radius 1 is 1.30 bits per heavy atom. The second kappa shape index (κ2) is 6.98. The maximum Gasteiger partial charge on any atom is 0.501 e. The summed E-state index contributed by atoms with van der Waals surface area (Å²) in [5.74, 6) is -1.28. The van der Waals surface area contributed by atoms with Crippen LogP contribution in [0.25, 0.3) is 0 Å². The van der Waals surface area contributed by atoms with Crippen molar-refractivity contribution in [1.82, 2.24) is 19.4 Å². The summed E-state index contributed by atoms with van der Waals surface area (Å²) in [6.45, 7) is 5.66. The summed E-state index contributed by atoms with van der Waals surface area (Å²) in [6.07, 6.45) is 9.41. The number of hydrogen-bond acceptors (Lipinski definition) is 5. The van der Waals surface area contributed by atoms with Gasteiger partial charge in [0.15, 0.2) is 0 Å². The van der Waals surface area contributed by atoms with Crippen LogP contribution in [-0.4, -0.2) is 56.9 Å². The number of nitrogens with zero attached hydrogens (tertiary/aromatic N) is 4. The highest BCUT2D eigenvalue weighted by Gasteiger charge is 2.49. The fourth-order valence-electron chi connectivity index (χ4n) is 3.76. The summed E-state index contributed by atoms with van der Waals surface area (Å²) in [4.78, 5) is 27.6. The molecular weight excluding hydrogens is 406 g/mol. The molecular formula is C20H26N5O4S+. The average Bonchev–Trinajstić information content (AvgIpc) is 3.22. The molecule has 160 valence electrons. The van der Waals surface area contributed by atoms with Crippen LogP contribution in [-0.2, 0) is 28.4 Å². The number of hydrogen-bond donors (Lipinski definition) is 1. The van der Waals surface area contributed by atoms with E-state index in [1.165, 1.54) is 17.1 Å². The molecule has 1 aromatic rings. The van der Waals surface area contributed by atoms with Crippen LogP contribution >= 0.6 is 0 Å². The topological polar surface area (TPSA) is 104 Å². The number of urea groups is 1. The maximum atomic E-state index is 13.3. The van der Waals surface area contributed by atoms with E-state index in [2.05, 4.69) is 9.82 Å². The van der Waals surface area contributed by atoms with Gasteiger partial charge in [-0.25, -0.2) is 17.9 Å². The van der Waals surface area contributed by atoms with E-state index < -0.39 is 33.4 Å². The molecule has 30 heavy (non-hydrogen) atoms. The lowest BCUT2D eigenvalue weighted by atomic mass is 9.93. The third-order valence-corrected chi connectivity index (χ3v) is 7.28. The number of sulfonamides is 1. The Morgan fingerprint density at radius 2 is 2.00 bits per heavy atom. The highest BCUT2D eigenvalue weighted by Crippen LogP contribution is 2.36. The van der Waals surface area contributed by atoms with Gasteiger partial charge in [0.25, 0.3) is 0 Å². The molecule has 0 aromatic carbocycles. The van der Waals surface area contributed by atoms with Crippen molar-refractivity contribution in [3.63, 3.8) is 0 Å². The van der Waals surface area contributed by atoms with Gasteiger partial charge in [0.05, 0.1) is 17.1 Å². The van der Waals surface area contributed by atoms with Crippen molar-refractivity contribution in [3.8, 4) is 0 Å². The smallest absolute Gasteiger partial charge is 0.275 e. The van der Waals surface area contributed by atoms with Crippen molar-refractivity contribution in [2.24, 2.45) is 13.0 Å². The molecule has 1 aromatic heterocycles. The maximum absolute atomic E-state index is 13.3. The van der Waals surface area contributed by atoms with Crippen LogP contribution < -0.4 is 4.72 Å². The minimum absolute atomic E-state index is 0.0529. The largest absolute Gasteiger partial charge is 0.501 e. The lowest BCUT2D eigenvalue weighted by Crippen LogP contribution is -2.55. The van der Waals surface area contributed by atoms with E-state index >= 15 is 0 Å². The lowest BCUT2D eigenvalue weighted by Gasteiger charge is -2.29. The minimum atomic E-state index is -3.75. The third kappa shape index (κ3) is 3.65. The molecule has 0 radical (unpaired) electrons.